The van der Waals surface area contributed by atoms with E-state index >= 15 is 0 Å². The van der Waals surface area contributed by atoms with E-state index in [0.29, 0.717) is 38.6 Å². The summed E-state index contributed by atoms with van der Waals surface area (Å²) in [5.41, 5.74) is 0.424. The minimum atomic E-state index is -0.633. The maximum Gasteiger partial charge on any atom is 0.309 e. The Balaban J connectivity index is 1.95. The molecule has 0 bridgehead atoms. The van der Waals surface area contributed by atoms with Crippen LogP contribution in [0.3, 0.4) is 0 Å². The zero-order valence-corrected chi connectivity index (χ0v) is 21.8. The molecule has 0 radical (unpaired) electrons. The summed E-state index contributed by atoms with van der Waals surface area (Å²) in [6, 6.07) is 9.80. The van der Waals surface area contributed by atoms with Crippen molar-refractivity contribution in [3.63, 3.8) is 0 Å². The second kappa shape index (κ2) is 16.7. The Morgan fingerprint density at radius 3 is 2.35 bits per heavy atom. The number of rotatable bonds is 18. The molecule has 1 aliphatic carbocycles. The van der Waals surface area contributed by atoms with Crippen LogP contribution in [0.25, 0.3) is 0 Å². The third-order valence-electron chi connectivity index (χ3n) is 6.61. The Kier molecular flexibility index (Phi) is 13.7. The van der Waals surface area contributed by atoms with Crippen molar-refractivity contribution in [1.29, 1.82) is 0 Å². The van der Waals surface area contributed by atoms with Crippen LogP contribution in [0.5, 0.6) is 0 Å². The first-order valence-electron chi connectivity index (χ1n) is 13.1. The van der Waals surface area contributed by atoms with E-state index in [4.69, 9.17) is 14.6 Å². The molecule has 8 nitrogen and oxygen atoms in total. The molecule has 2 amide bonds. The fourth-order valence-electron chi connectivity index (χ4n) is 4.62. The van der Waals surface area contributed by atoms with Crippen LogP contribution in [0.4, 0.5) is 0 Å². The number of hydrogen-bond donors (Lipinski definition) is 3. The molecule has 0 heterocycles. The summed E-state index contributed by atoms with van der Waals surface area (Å²) < 4.78 is 10.9. The number of amides is 2. The molecule has 2 rings (SSSR count). The SMILES string of the molecule is C=CC[C@H](CC(=O)NCCOCCO)C(=O)NC1(COC(=O)[C@H](CC=C)Cc2ccccc2)CCCC1. The van der Waals surface area contributed by atoms with Crippen molar-refractivity contribution in [1.82, 2.24) is 10.6 Å². The summed E-state index contributed by atoms with van der Waals surface area (Å²) in [7, 11) is 0. The second-order valence-electron chi connectivity index (χ2n) is 9.61. The fraction of sp³-hybridized carbons (Fsp3) is 0.552. The van der Waals surface area contributed by atoms with Crippen LogP contribution in [0.2, 0.25) is 0 Å². The number of hydrogen-bond acceptors (Lipinski definition) is 6. The Bertz CT molecular complexity index is 866. The first-order chi connectivity index (χ1) is 17.9. The Morgan fingerprint density at radius 1 is 1.03 bits per heavy atom. The van der Waals surface area contributed by atoms with Gasteiger partial charge in [-0.05, 0) is 37.7 Å². The molecule has 1 saturated carbocycles. The van der Waals surface area contributed by atoms with Crippen LogP contribution in [0.1, 0.15) is 50.5 Å². The van der Waals surface area contributed by atoms with E-state index in [2.05, 4.69) is 23.8 Å². The highest BCUT2D eigenvalue weighted by molar-refractivity contribution is 5.86. The van der Waals surface area contributed by atoms with Gasteiger partial charge in [0.1, 0.15) is 6.61 Å². The molecule has 1 aliphatic rings. The van der Waals surface area contributed by atoms with Gasteiger partial charge in [0, 0.05) is 13.0 Å². The van der Waals surface area contributed by atoms with Gasteiger partial charge < -0.3 is 25.2 Å². The van der Waals surface area contributed by atoms with Crippen LogP contribution in [0, 0.1) is 11.8 Å². The molecule has 1 aromatic carbocycles. The van der Waals surface area contributed by atoms with Crippen LogP contribution < -0.4 is 10.6 Å². The number of benzene rings is 1. The summed E-state index contributed by atoms with van der Waals surface area (Å²) in [6.45, 7) is 8.35. The first-order valence-corrected chi connectivity index (χ1v) is 13.1. The summed E-state index contributed by atoms with van der Waals surface area (Å²) in [5.74, 6) is -1.70. The van der Waals surface area contributed by atoms with Crippen molar-refractivity contribution in [2.24, 2.45) is 11.8 Å². The Labute approximate surface area is 220 Å². The molecular weight excluding hydrogens is 472 g/mol. The first kappa shape index (κ1) is 30.3. The van der Waals surface area contributed by atoms with Gasteiger partial charge in [-0.15, -0.1) is 13.2 Å². The number of aliphatic hydroxyl groups is 1. The van der Waals surface area contributed by atoms with Gasteiger partial charge in [-0.3, -0.25) is 14.4 Å². The topological polar surface area (TPSA) is 114 Å². The Hall–Kier alpha value is -2.97. The van der Waals surface area contributed by atoms with Gasteiger partial charge >= 0.3 is 5.97 Å². The predicted octanol–water partition coefficient (Wildman–Crippen LogP) is 3.10. The van der Waals surface area contributed by atoms with Crippen molar-refractivity contribution in [2.75, 3.05) is 33.0 Å². The lowest BCUT2D eigenvalue weighted by molar-refractivity contribution is -0.151. The van der Waals surface area contributed by atoms with E-state index in [0.717, 1.165) is 18.4 Å². The van der Waals surface area contributed by atoms with Crippen molar-refractivity contribution < 1.29 is 29.0 Å². The van der Waals surface area contributed by atoms with Crippen molar-refractivity contribution in [3.05, 3.63) is 61.2 Å². The van der Waals surface area contributed by atoms with E-state index in [9.17, 15) is 14.4 Å². The monoisotopic (exact) mass is 514 g/mol. The predicted molar refractivity (Wildman–Crippen MR) is 143 cm³/mol. The lowest BCUT2D eigenvalue weighted by Crippen LogP contribution is -2.52. The third-order valence-corrected chi connectivity index (χ3v) is 6.61. The molecule has 0 aliphatic heterocycles. The molecule has 1 fully saturated rings. The largest absolute Gasteiger partial charge is 0.463 e. The zero-order valence-electron chi connectivity index (χ0n) is 21.8. The standard InChI is InChI=1S/C29H42N2O6/c1-3-10-24(21-26(33)30-16-18-36-19-17-32)27(34)31-29(14-8-9-15-29)22-37-28(35)25(11-4-2)20-23-12-6-5-7-13-23/h3-7,12-13,24-25,32H,1-2,8-11,14-22H2,(H,30,33)(H,31,34)/t24-,25-/m1/s1. The third kappa shape index (κ3) is 10.9. The van der Waals surface area contributed by atoms with E-state index in [1.165, 1.54) is 0 Å². The molecule has 204 valence electrons. The van der Waals surface area contributed by atoms with E-state index in [-0.39, 0.29) is 56.5 Å². The molecule has 0 spiro atoms. The number of aliphatic hydroxyl groups excluding tert-OH is 1. The molecule has 2 atom stereocenters. The van der Waals surface area contributed by atoms with Crippen LogP contribution in [-0.4, -0.2) is 61.4 Å². The summed E-state index contributed by atoms with van der Waals surface area (Å²) in [5, 5.41) is 14.6. The van der Waals surface area contributed by atoms with Gasteiger partial charge in [-0.1, -0.05) is 55.3 Å². The molecule has 0 aromatic heterocycles. The highest BCUT2D eigenvalue weighted by Gasteiger charge is 2.39. The number of nitrogens with one attached hydrogen (secondary N) is 2. The number of carbonyl (C=O) groups is 3. The molecule has 8 heteroatoms. The lowest BCUT2D eigenvalue weighted by Gasteiger charge is -2.32. The van der Waals surface area contributed by atoms with E-state index < -0.39 is 11.5 Å². The maximum absolute atomic E-state index is 13.2. The minimum absolute atomic E-state index is 0.0200. The zero-order chi connectivity index (χ0) is 26.9. The van der Waals surface area contributed by atoms with Gasteiger partial charge in [-0.25, -0.2) is 0 Å². The number of allylic oxidation sites excluding steroid dienone is 2. The molecule has 3 N–H and O–H groups in total. The highest BCUT2D eigenvalue weighted by Crippen LogP contribution is 2.31. The molecule has 0 saturated heterocycles. The lowest BCUT2D eigenvalue weighted by atomic mass is 9.93. The van der Waals surface area contributed by atoms with Gasteiger partial charge in [0.25, 0.3) is 0 Å². The Morgan fingerprint density at radius 2 is 1.70 bits per heavy atom. The maximum atomic E-state index is 13.2. The van der Waals surface area contributed by atoms with Crippen molar-refractivity contribution >= 4 is 17.8 Å². The van der Waals surface area contributed by atoms with Crippen LogP contribution in [-0.2, 0) is 30.3 Å². The smallest absolute Gasteiger partial charge is 0.309 e. The van der Waals surface area contributed by atoms with Gasteiger partial charge in [0.05, 0.1) is 37.2 Å². The normalized spacial score (nSPS) is 15.8. The average molecular weight is 515 g/mol. The number of ether oxygens (including phenoxy) is 2. The average Bonchev–Trinajstić information content (AvgIpc) is 3.35. The van der Waals surface area contributed by atoms with Crippen LogP contribution >= 0.6 is 0 Å². The molecule has 0 unspecified atom stereocenters. The van der Waals surface area contributed by atoms with Gasteiger partial charge in [-0.2, -0.15) is 0 Å². The van der Waals surface area contributed by atoms with E-state index in [1.807, 2.05) is 30.3 Å². The van der Waals surface area contributed by atoms with Gasteiger partial charge in [0.15, 0.2) is 0 Å². The number of carbonyl (C=O) groups excluding carboxylic acids is 3. The van der Waals surface area contributed by atoms with Gasteiger partial charge in [0.2, 0.25) is 11.8 Å². The highest BCUT2D eigenvalue weighted by atomic mass is 16.5. The van der Waals surface area contributed by atoms with Crippen molar-refractivity contribution in [3.8, 4) is 0 Å². The summed E-state index contributed by atoms with van der Waals surface area (Å²) in [4.78, 5) is 38.6. The van der Waals surface area contributed by atoms with Crippen LogP contribution in [0.15, 0.2) is 55.6 Å². The van der Waals surface area contributed by atoms with Crippen molar-refractivity contribution in [2.45, 2.75) is 56.9 Å². The second-order valence-corrected chi connectivity index (χ2v) is 9.61. The molecular formula is C29H42N2O6. The van der Waals surface area contributed by atoms with E-state index in [1.54, 1.807) is 12.2 Å². The quantitative estimate of drug-likeness (QED) is 0.158. The molecule has 1 aromatic rings. The summed E-state index contributed by atoms with van der Waals surface area (Å²) >= 11 is 0. The fourth-order valence-corrected chi connectivity index (χ4v) is 4.62. The summed E-state index contributed by atoms with van der Waals surface area (Å²) in [6.07, 6.45) is 8.09. The minimum Gasteiger partial charge on any atom is -0.463 e. The number of esters is 1. The molecule has 37 heavy (non-hydrogen) atoms.